The Morgan fingerprint density at radius 1 is 0.780 bits per heavy atom. The van der Waals surface area contributed by atoms with Crippen molar-refractivity contribution in [2.24, 2.45) is 0 Å². The average Bonchev–Trinajstić information content (AvgIpc) is 3.60. The molecule has 1 aromatic heterocycles. The van der Waals surface area contributed by atoms with Gasteiger partial charge in [-0.25, -0.2) is 9.78 Å². The number of unbranched alkanes of at least 4 members (excludes halogenated alkanes) is 2. The van der Waals surface area contributed by atoms with Gasteiger partial charge in [-0.15, -0.1) is 0 Å². The Kier molecular flexibility index (Phi) is 12.7. The summed E-state index contributed by atoms with van der Waals surface area (Å²) in [6.07, 6.45) is 5.23. The molecule has 50 heavy (non-hydrogen) atoms. The summed E-state index contributed by atoms with van der Waals surface area (Å²) >= 11 is 1.25. The lowest BCUT2D eigenvalue weighted by Gasteiger charge is -2.36. The topological polar surface area (TPSA) is 87.3 Å². The summed E-state index contributed by atoms with van der Waals surface area (Å²) in [5.41, 5.74) is 4.45. The smallest absolute Gasteiger partial charge is 0.408 e. The third kappa shape index (κ3) is 9.96. The molecule has 0 aliphatic rings. The van der Waals surface area contributed by atoms with Crippen LogP contribution in [0.15, 0.2) is 128 Å². The summed E-state index contributed by atoms with van der Waals surface area (Å²) in [6, 6.07) is 39.7. The Labute approximate surface area is 300 Å². The molecule has 0 fully saturated rings. The predicted molar refractivity (Wildman–Crippen MR) is 204 cm³/mol. The first-order chi connectivity index (χ1) is 24.1. The minimum absolute atomic E-state index is 0.146. The molecule has 1 amide bonds. The highest BCUT2D eigenvalue weighted by atomic mass is 32.2. The zero-order valence-electron chi connectivity index (χ0n) is 29.5. The van der Waals surface area contributed by atoms with Gasteiger partial charge in [-0.05, 0) is 70.3 Å². The molecule has 0 aliphatic carbocycles. The second-order valence-electron chi connectivity index (χ2n) is 13.6. The summed E-state index contributed by atoms with van der Waals surface area (Å²) in [5.74, 6) is 0.891. The molecule has 0 radical (unpaired) electrons. The molecule has 0 aliphatic heterocycles. The van der Waals surface area contributed by atoms with Gasteiger partial charge in [0.15, 0.2) is 0 Å². The van der Waals surface area contributed by atoms with Crippen LogP contribution < -0.4 is 5.32 Å². The van der Waals surface area contributed by atoms with Crippen LogP contribution in [0.25, 0.3) is 11.4 Å². The molecule has 2 N–H and O–H groups in total. The van der Waals surface area contributed by atoms with Crippen molar-refractivity contribution in [1.82, 2.24) is 20.2 Å². The largest absolute Gasteiger partial charge is 0.444 e. The van der Waals surface area contributed by atoms with Crippen molar-refractivity contribution in [3.63, 3.8) is 0 Å². The number of benzene rings is 4. The summed E-state index contributed by atoms with van der Waals surface area (Å²) in [5, 5.41) is 2.79. The molecular formula is C42H48N4O3S. The molecule has 0 bridgehead atoms. The lowest BCUT2D eigenvalue weighted by atomic mass is 9.84. The van der Waals surface area contributed by atoms with E-state index in [1.807, 2.05) is 107 Å². The number of hydrogen-bond donors (Lipinski definition) is 2. The van der Waals surface area contributed by atoms with E-state index in [0.717, 1.165) is 66.0 Å². The Morgan fingerprint density at radius 2 is 1.30 bits per heavy atom. The zero-order valence-corrected chi connectivity index (χ0v) is 30.3. The zero-order chi connectivity index (χ0) is 35.4. The SMILES string of the molecule is CN(CCCCCc1cnc(-c2ccccc2)[nH]1)CC(NC(=O)OC(C)(C)C)C(=O)SC(c1ccccc1)(c1ccccc1)c1ccccc1. The number of H-pyrrole nitrogens is 1. The second-order valence-corrected chi connectivity index (χ2v) is 14.8. The Morgan fingerprint density at radius 3 is 1.82 bits per heavy atom. The number of aromatic amines is 1. The second kappa shape index (κ2) is 17.3. The van der Waals surface area contributed by atoms with Gasteiger partial charge in [-0.1, -0.05) is 140 Å². The van der Waals surface area contributed by atoms with Crippen LogP contribution >= 0.6 is 11.8 Å². The number of imidazole rings is 1. The lowest BCUT2D eigenvalue weighted by Crippen LogP contribution is -2.49. The number of aromatic nitrogens is 2. The van der Waals surface area contributed by atoms with E-state index in [1.54, 1.807) is 0 Å². The molecular weight excluding hydrogens is 641 g/mol. The number of alkyl carbamates (subject to hydrolysis) is 1. The first-order valence-electron chi connectivity index (χ1n) is 17.3. The van der Waals surface area contributed by atoms with Crippen molar-refractivity contribution >= 4 is 23.0 Å². The van der Waals surface area contributed by atoms with E-state index in [-0.39, 0.29) is 5.12 Å². The van der Waals surface area contributed by atoms with Crippen molar-refractivity contribution in [2.75, 3.05) is 20.1 Å². The summed E-state index contributed by atoms with van der Waals surface area (Å²) in [6.45, 7) is 6.59. The van der Waals surface area contributed by atoms with Crippen LogP contribution in [0.5, 0.6) is 0 Å². The normalized spacial score (nSPS) is 12.4. The number of nitrogens with zero attached hydrogens (tertiary/aromatic N) is 2. The van der Waals surface area contributed by atoms with Crippen LogP contribution in [-0.2, 0) is 20.7 Å². The van der Waals surface area contributed by atoms with Crippen LogP contribution in [-0.4, -0.2) is 57.9 Å². The first-order valence-corrected chi connectivity index (χ1v) is 18.1. The molecule has 0 saturated carbocycles. The molecule has 5 rings (SSSR count). The van der Waals surface area contributed by atoms with Crippen LogP contribution in [0.4, 0.5) is 4.79 Å². The quantitative estimate of drug-likeness (QED) is 0.0844. The van der Waals surface area contributed by atoms with Gasteiger partial charge in [0.2, 0.25) is 5.12 Å². The maximum Gasteiger partial charge on any atom is 0.408 e. The van der Waals surface area contributed by atoms with Crippen molar-refractivity contribution in [1.29, 1.82) is 0 Å². The fourth-order valence-electron chi connectivity index (χ4n) is 6.05. The minimum atomic E-state index is -0.847. The molecule has 0 spiro atoms. The molecule has 260 valence electrons. The monoisotopic (exact) mass is 688 g/mol. The van der Waals surface area contributed by atoms with Gasteiger partial charge >= 0.3 is 6.09 Å². The van der Waals surface area contributed by atoms with Gasteiger partial charge in [0.25, 0.3) is 0 Å². The molecule has 1 atom stereocenters. The van der Waals surface area contributed by atoms with E-state index in [2.05, 4.69) is 68.7 Å². The highest BCUT2D eigenvalue weighted by molar-refractivity contribution is 8.14. The number of likely N-dealkylation sites (N-methyl/N-ethyl adjacent to an activating group) is 1. The summed E-state index contributed by atoms with van der Waals surface area (Å²) < 4.78 is 4.78. The van der Waals surface area contributed by atoms with E-state index < -0.39 is 22.5 Å². The summed E-state index contributed by atoms with van der Waals surface area (Å²) in [7, 11) is 2.00. The maximum atomic E-state index is 14.6. The highest BCUT2D eigenvalue weighted by Gasteiger charge is 2.41. The lowest BCUT2D eigenvalue weighted by molar-refractivity contribution is -0.113. The van der Waals surface area contributed by atoms with Crippen molar-refractivity contribution in [3.8, 4) is 11.4 Å². The highest BCUT2D eigenvalue weighted by Crippen LogP contribution is 2.49. The third-order valence-electron chi connectivity index (χ3n) is 8.43. The number of carbonyl (C=O) groups is 2. The molecule has 1 heterocycles. The number of carbonyl (C=O) groups excluding carboxylic acids is 2. The molecule has 1 unspecified atom stereocenters. The molecule has 5 aromatic rings. The van der Waals surface area contributed by atoms with Crippen molar-refractivity contribution in [3.05, 3.63) is 150 Å². The minimum Gasteiger partial charge on any atom is -0.444 e. The van der Waals surface area contributed by atoms with Gasteiger partial charge in [0.05, 0.1) is 4.75 Å². The number of nitrogens with one attached hydrogen (secondary N) is 2. The van der Waals surface area contributed by atoms with E-state index in [0.29, 0.717) is 6.54 Å². The van der Waals surface area contributed by atoms with Gasteiger partial charge in [-0.3, -0.25) is 4.79 Å². The van der Waals surface area contributed by atoms with E-state index in [4.69, 9.17) is 4.74 Å². The third-order valence-corrected chi connectivity index (χ3v) is 9.92. The van der Waals surface area contributed by atoms with E-state index in [1.165, 1.54) is 11.8 Å². The predicted octanol–water partition coefficient (Wildman–Crippen LogP) is 8.87. The van der Waals surface area contributed by atoms with Crippen LogP contribution in [0.3, 0.4) is 0 Å². The van der Waals surface area contributed by atoms with Gasteiger partial charge < -0.3 is 19.9 Å². The Hall–Kier alpha value is -4.66. The van der Waals surface area contributed by atoms with Gasteiger partial charge in [-0.2, -0.15) is 0 Å². The number of aryl methyl sites for hydroxylation is 1. The van der Waals surface area contributed by atoms with Crippen molar-refractivity contribution < 1.29 is 14.3 Å². The number of thioether (sulfide) groups is 1. The number of ether oxygens (including phenoxy) is 1. The number of amides is 1. The Balaban J connectivity index is 1.30. The van der Waals surface area contributed by atoms with E-state index in [9.17, 15) is 9.59 Å². The van der Waals surface area contributed by atoms with Crippen LogP contribution in [0, 0.1) is 0 Å². The standard InChI is InChI=1S/C42H48N4O3S/c1-41(2,3)49-40(48)45-37(31-46(4)29-19-9-18-28-36-30-43-38(44-36)32-20-10-5-11-21-32)39(47)50-42(33-22-12-6-13-23-33,34-24-14-7-15-25-34)35-26-16-8-17-27-35/h5-8,10-17,20-27,30,37H,9,18-19,28-29,31H2,1-4H3,(H,43,44)(H,45,48). The average molecular weight is 689 g/mol. The number of hydrogen-bond acceptors (Lipinski definition) is 6. The van der Waals surface area contributed by atoms with E-state index >= 15 is 0 Å². The number of rotatable bonds is 15. The molecule has 8 heteroatoms. The van der Waals surface area contributed by atoms with Gasteiger partial charge in [0, 0.05) is 24.0 Å². The Bertz CT molecular complexity index is 1680. The van der Waals surface area contributed by atoms with Crippen LogP contribution in [0.2, 0.25) is 0 Å². The fraction of sp³-hybridized carbons (Fsp3) is 0.310. The first kappa shape index (κ1) is 36.6. The van der Waals surface area contributed by atoms with Gasteiger partial charge in [0.1, 0.15) is 17.5 Å². The van der Waals surface area contributed by atoms with Crippen LogP contribution in [0.1, 0.15) is 62.4 Å². The summed E-state index contributed by atoms with van der Waals surface area (Å²) in [4.78, 5) is 37.9. The van der Waals surface area contributed by atoms with Crippen molar-refractivity contribution in [2.45, 2.75) is 62.8 Å². The fourth-order valence-corrected chi connectivity index (χ4v) is 7.39. The molecule has 7 nitrogen and oxygen atoms in total. The molecule has 4 aromatic carbocycles. The maximum absolute atomic E-state index is 14.6. The molecule has 0 saturated heterocycles.